The first-order chi connectivity index (χ1) is 16.0. The smallest absolute Gasteiger partial charge is 0.314 e. The number of rotatable bonds is 16. The first-order valence-corrected chi connectivity index (χ1v) is 11.5. The van der Waals surface area contributed by atoms with Crippen LogP contribution in [-0.2, 0) is 28.9 Å². The summed E-state index contributed by atoms with van der Waals surface area (Å²) in [5.74, 6) is 0.249. The van der Waals surface area contributed by atoms with Crippen molar-refractivity contribution in [3.05, 3.63) is 41.7 Å². The van der Waals surface area contributed by atoms with Crippen molar-refractivity contribution in [2.24, 2.45) is 0 Å². The maximum atomic E-state index is 12.2. The van der Waals surface area contributed by atoms with E-state index in [4.69, 9.17) is 9.47 Å². The minimum atomic E-state index is -0.210. The van der Waals surface area contributed by atoms with Crippen molar-refractivity contribution in [1.82, 2.24) is 30.5 Å². The summed E-state index contributed by atoms with van der Waals surface area (Å²) in [7, 11) is 3.97. The predicted molar refractivity (Wildman–Crippen MR) is 126 cm³/mol. The number of benzene rings is 1. The highest BCUT2D eigenvalue weighted by atomic mass is 16.5. The Morgan fingerprint density at radius 2 is 1.85 bits per heavy atom. The topological polar surface area (TPSA) is 114 Å². The number of carbonyl (C=O) groups excluding carboxylic acids is 1. The molecule has 184 valence electrons. The first kappa shape index (κ1) is 26.6. The van der Waals surface area contributed by atoms with Crippen molar-refractivity contribution in [2.75, 3.05) is 53.6 Å². The highest BCUT2D eigenvalue weighted by Gasteiger charge is 2.14. The maximum Gasteiger partial charge on any atom is 0.314 e. The number of likely N-dealkylation sites (N-methyl/N-ethyl adjacent to an activating group) is 1. The normalized spacial score (nSPS) is 12.1. The Labute approximate surface area is 196 Å². The number of aromatic hydroxyl groups is 1. The molecular weight excluding hydrogens is 424 g/mol. The van der Waals surface area contributed by atoms with E-state index in [0.717, 1.165) is 30.7 Å². The van der Waals surface area contributed by atoms with Crippen LogP contribution in [0.15, 0.2) is 30.5 Å². The number of nitrogens with zero attached hydrogens (tertiary/aromatic N) is 4. The summed E-state index contributed by atoms with van der Waals surface area (Å²) in [6, 6.07) is 7.07. The second-order valence-corrected chi connectivity index (χ2v) is 8.07. The first-order valence-electron chi connectivity index (χ1n) is 11.5. The molecule has 0 unspecified atom stereocenters. The van der Waals surface area contributed by atoms with Gasteiger partial charge in [-0.2, -0.15) is 0 Å². The molecule has 1 aromatic heterocycles. The van der Waals surface area contributed by atoms with Gasteiger partial charge in [-0.15, -0.1) is 5.10 Å². The number of aromatic nitrogens is 3. The maximum absolute atomic E-state index is 12.2. The van der Waals surface area contributed by atoms with E-state index in [9.17, 15) is 9.90 Å². The largest absolute Gasteiger partial charge is 0.508 e. The molecule has 2 aromatic rings. The summed E-state index contributed by atoms with van der Waals surface area (Å²) in [6.45, 7) is 6.18. The zero-order valence-electron chi connectivity index (χ0n) is 20.0. The summed E-state index contributed by atoms with van der Waals surface area (Å²) >= 11 is 0. The fourth-order valence-electron chi connectivity index (χ4n) is 3.11. The Bertz CT molecular complexity index is 797. The third-order valence-corrected chi connectivity index (χ3v) is 5.07. The number of hydrogen-bond acceptors (Lipinski definition) is 7. The molecule has 0 aliphatic carbocycles. The van der Waals surface area contributed by atoms with Crippen LogP contribution in [0.3, 0.4) is 0 Å². The summed E-state index contributed by atoms with van der Waals surface area (Å²) in [4.78, 5) is 14.3. The summed E-state index contributed by atoms with van der Waals surface area (Å²) in [5, 5.41) is 23.5. The lowest BCUT2D eigenvalue weighted by Crippen LogP contribution is -2.45. The number of ether oxygens (including phenoxy) is 2. The third-order valence-electron chi connectivity index (χ3n) is 5.07. The van der Waals surface area contributed by atoms with Gasteiger partial charge < -0.3 is 30.1 Å². The second kappa shape index (κ2) is 15.2. The van der Waals surface area contributed by atoms with Crippen LogP contribution in [0, 0.1) is 0 Å². The van der Waals surface area contributed by atoms with Gasteiger partial charge in [-0.1, -0.05) is 24.3 Å². The van der Waals surface area contributed by atoms with Gasteiger partial charge in [-0.25, -0.2) is 9.48 Å². The number of amides is 2. The van der Waals surface area contributed by atoms with E-state index in [2.05, 4.69) is 32.8 Å². The molecule has 2 amide bonds. The van der Waals surface area contributed by atoms with E-state index in [0.29, 0.717) is 45.9 Å². The van der Waals surface area contributed by atoms with E-state index in [1.54, 1.807) is 16.8 Å². The van der Waals surface area contributed by atoms with Crippen molar-refractivity contribution in [3.63, 3.8) is 0 Å². The van der Waals surface area contributed by atoms with E-state index in [1.165, 1.54) is 0 Å². The highest BCUT2D eigenvalue weighted by Crippen LogP contribution is 2.12. The van der Waals surface area contributed by atoms with Gasteiger partial charge >= 0.3 is 6.03 Å². The average Bonchev–Trinajstić information content (AvgIpc) is 3.24. The van der Waals surface area contributed by atoms with Crippen LogP contribution in [-0.4, -0.2) is 90.7 Å². The van der Waals surface area contributed by atoms with Crippen molar-refractivity contribution >= 4 is 6.03 Å². The molecule has 3 N–H and O–H groups in total. The molecule has 10 nitrogen and oxygen atoms in total. The molecule has 0 bridgehead atoms. The molecule has 0 fully saturated rings. The lowest BCUT2D eigenvalue weighted by atomic mass is 10.1. The second-order valence-electron chi connectivity index (χ2n) is 8.07. The van der Waals surface area contributed by atoms with Gasteiger partial charge in [0, 0.05) is 38.4 Å². The molecule has 0 saturated carbocycles. The summed E-state index contributed by atoms with van der Waals surface area (Å²) in [5.41, 5.74) is 1.92. The van der Waals surface area contributed by atoms with Crippen LogP contribution in [0.1, 0.15) is 24.6 Å². The number of phenols is 1. The van der Waals surface area contributed by atoms with Gasteiger partial charge in [-0.05, 0) is 44.6 Å². The minimum absolute atomic E-state index is 0.139. The molecular formula is C23H38N6O4. The Kier molecular flexibility index (Phi) is 12.2. The number of hydrogen-bond donors (Lipinski definition) is 3. The van der Waals surface area contributed by atoms with Crippen LogP contribution in [0.4, 0.5) is 4.79 Å². The molecule has 33 heavy (non-hydrogen) atoms. The molecule has 1 heterocycles. The molecule has 1 atom stereocenters. The van der Waals surface area contributed by atoms with Gasteiger partial charge in [0.25, 0.3) is 0 Å². The monoisotopic (exact) mass is 462 g/mol. The number of nitrogens with one attached hydrogen (secondary N) is 2. The van der Waals surface area contributed by atoms with Crippen molar-refractivity contribution in [2.45, 2.75) is 38.8 Å². The van der Waals surface area contributed by atoms with E-state index < -0.39 is 0 Å². The Hall–Kier alpha value is -2.69. The number of carbonyl (C=O) groups is 1. The lowest BCUT2D eigenvalue weighted by Gasteiger charge is -2.25. The van der Waals surface area contributed by atoms with Crippen molar-refractivity contribution in [1.29, 1.82) is 0 Å². The zero-order chi connectivity index (χ0) is 23.9. The minimum Gasteiger partial charge on any atom is -0.508 e. The Balaban J connectivity index is 1.61. The average molecular weight is 463 g/mol. The molecule has 0 aliphatic heterocycles. The molecule has 10 heteroatoms. The van der Waals surface area contributed by atoms with E-state index >= 15 is 0 Å². The van der Waals surface area contributed by atoms with Crippen LogP contribution < -0.4 is 10.6 Å². The standard InChI is InChI=1S/C23H38N6O4/c1-4-12-32-14-15-33-13-11-29-18-20(26-27-29)9-10-24-23(31)25-17-21(28(2)3)16-19-5-7-22(30)8-6-19/h5-8,18,21,30H,4,9-17H2,1-3H3,(H2,24,25,31)/t21-/m0/s1. The van der Waals surface area contributed by atoms with E-state index in [1.807, 2.05) is 32.4 Å². The Morgan fingerprint density at radius 1 is 1.12 bits per heavy atom. The highest BCUT2D eigenvalue weighted by molar-refractivity contribution is 5.73. The summed E-state index contributed by atoms with van der Waals surface area (Å²) < 4.78 is 12.6. The predicted octanol–water partition coefficient (Wildman–Crippen LogP) is 1.44. The molecule has 2 rings (SSSR count). The zero-order valence-corrected chi connectivity index (χ0v) is 20.0. The number of phenolic OH excluding ortho intramolecular Hbond substituents is 1. The van der Waals surface area contributed by atoms with Gasteiger partial charge in [0.05, 0.1) is 32.1 Å². The summed E-state index contributed by atoms with van der Waals surface area (Å²) in [6.07, 6.45) is 4.25. The van der Waals surface area contributed by atoms with Crippen LogP contribution in [0.25, 0.3) is 0 Å². The molecule has 0 saturated heterocycles. The van der Waals surface area contributed by atoms with Crippen molar-refractivity contribution in [3.8, 4) is 5.75 Å². The van der Waals surface area contributed by atoms with Crippen LogP contribution in [0.5, 0.6) is 5.75 Å². The lowest BCUT2D eigenvalue weighted by molar-refractivity contribution is 0.0441. The van der Waals surface area contributed by atoms with Gasteiger partial charge in [0.15, 0.2) is 0 Å². The fraction of sp³-hybridized carbons (Fsp3) is 0.609. The van der Waals surface area contributed by atoms with Crippen LogP contribution in [0.2, 0.25) is 0 Å². The van der Waals surface area contributed by atoms with Gasteiger partial charge in [0.1, 0.15) is 5.75 Å². The SMILES string of the molecule is CCCOCCOCCn1cc(CCNC(=O)NC[C@H](Cc2ccc(O)cc2)N(C)C)nn1. The van der Waals surface area contributed by atoms with Gasteiger partial charge in [-0.3, -0.25) is 0 Å². The third kappa shape index (κ3) is 11.1. The molecule has 0 radical (unpaired) electrons. The van der Waals surface area contributed by atoms with E-state index in [-0.39, 0.29) is 17.8 Å². The van der Waals surface area contributed by atoms with Gasteiger partial charge in [0.2, 0.25) is 0 Å². The fourth-order valence-corrected chi connectivity index (χ4v) is 3.11. The molecule has 0 aliphatic rings. The molecule has 0 spiro atoms. The Morgan fingerprint density at radius 3 is 2.55 bits per heavy atom. The van der Waals surface area contributed by atoms with Crippen LogP contribution >= 0.6 is 0 Å². The quantitative estimate of drug-likeness (QED) is 0.324. The number of urea groups is 1. The van der Waals surface area contributed by atoms with Crippen molar-refractivity contribution < 1.29 is 19.4 Å². The molecule has 1 aromatic carbocycles.